The zero-order valence-electron chi connectivity index (χ0n) is 17.1. The average molecular weight is 449 g/mol. The fourth-order valence-electron chi connectivity index (χ4n) is 3.10. The highest BCUT2D eigenvalue weighted by Crippen LogP contribution is 2.17. The van der Waals surface area contributed by atoms with Gasteiger partial charge in [-0.25, -0.2) is 14.3 Å². The third kappa shape index (κ3) is 4.98. The molecule has 0 unspecified atom stereocenters. The Labute approximate surface area is 187 Å². The quantitative estimate of drug-likeness (QED) is 0.419. The highest BCUT2D eigenvalue weighted by Gasteiger charge is 2.14. The van der Waals surface area contributed by atoms with Crippen LogP contribution in [0.5, 0.6) is 0 Å². The van der Waals surface area contributed by atoms with Crippen molar-refractivity contribution in [1.82, 2.24) is 19.9 Å². The van der Waals surface area contributed by atoms with Crippen molar-refractivity contribution < 1.29 is 19.1 Å². The van der Waals surface area contributed by atoms with Gasteiger partial charge in [0.1, 0.15) is 0 Å². The fourth-order valence-corrected chi connectivity index (χ4v) is 3.77. The molecule has 162 valence electrons. The van der Waals surface area contributed by atoms with Gasteiger partial charge < -0.3 is 15.4 Å². The second kappa shape index (κ2) is 9.40. The topological polar surface area (TPSA) is 115 Å². The number of ether oxygens (including phenoxy) is 1. The summed E-state index contributed by atoms with van der Waals surface area (Å²) in [6.07, 6.45) is 3.54. The summed E-state index contributed by atoms with van der Waals surface area (Å²) in [5.41, 5.74) is 3.01. The summed E-state index contributed by atoms with van der Waals surface area (Å²) in [4.78, 5) is 41.1. The Morgan fingerprint density at radius 3 is 2.78 bits per heavy atom. The number of thiophene rings is 1. The first-order valence-electron chi connectivity index (χ1n) is 9.63. The fraction of sp³-hybridized carbons (Fsp3) is 0.136. The van der Waals surface area contributed by atoms with Crippen molar-refractivity contribution in [2.45, 2.75) is 13.0 Å². The van der Waals surface area contributed by atoms with Crippen LogP contribution in [0.3, 0.4) is 0 Å². The molecule has 0 saturated heterocycles. The molecule has 0 bridgehead atoms. The molecular formula is C22H19N5O4S. The van der Waals surface area contributed by atoms with Crippen molar-refractivity contribution in [2.24, 2.45) is 0 Å². The van der Waals surface area contributed by atoms with Gasteiger partial charge in [-0.2, -0.15) is 16.4 Å². The maximum atomic E-state index is 12.5. The highest BCUT2D eigenvalue weighted by atomic mass is 32.1. The Balaban J connectivity index is 1.48. The molecule has 0 aliphatic heterocycles. The van der Waals surface area contributed by atoms with Crippen molar-refractivity contribution in [3.8, 4) is 0 Å². The van der Waals surface area contributed by atoms with Crippen LogP contribution in [0.2, 0.25) is 0 Å². The first-order chi connectivity index (χ1) is 15.5. The van der Waals surface area contributed by atoms with Crippen LogP contribution < -0.4 is 10.6 Å². The van der Waals surface area contributed by atoms with Crippen molar-refractivity contribution in [3.63, 3.8) is 0 Å². The highest BCUT2D eigenvalue weighted by molar-refractivity contribution is 7.08. The second-order valence-corrected chi connectivity index (χ2v) is 7.68. The molecule has 0 atom stereocenters. The monoisotopic (exact) mass is 449 g/mol. The predicted molar refractivity (Wildman–Crippen MR) is 119 cm³/mol. The Hall–Kier alpha value is -4.05. The van der Waals surface area contributed by atoms with E-state index in [0.717, 1.165) is 5.56 Å². The van der Waals surface area contributed by atoms with Crippen LogP contribution in [0.1, 0.15) is 32.0 Å². The largest absolute Gasteiger partial charge is 0.465 e. The Morgan fingerprint density at radius 1 is 1.16 bits per heavy atom. The van der Waals surface area contributed by atoms with Gasteiger partial charge in [0, 0.05) is 30.7 Å². The molecule has 2 N–H and O–H groups in total. The Bertz CT molecular complexity index is 1250. The molecule has 3 heterocycles. The normalized spacial score (nSPS) is 10.7. The Kier molecular flexibility index (Phi) is 6.22. The lowest BCUT2D eigenvalue weighted by Crippen LogP contribution is -2.23. The van der Waals surface area contributed by atoms with Crippen LogP contribution in [0.15, 0.2) is 59.6 Å². The lowest BCUT2D eigenvalue weighted by Gasteiger charge is -2.11. The number of carbonyl (C=O) groups excluding carboxylic acids is 3. The van der Waals surface area contributed by atoms with Crippen LogP contribution in [0.25, 0.3) is 5.65 Å². The number of hydrogen-bond donors (Lipinski definition) is 2. The van der Waals surface area contributed by atoms with E-state index in [0.29, 0.717) is 16.9 Å². The number of anilines is 1. The van der Waals surface area contributed by atoms with Gasteiger partial charge in [0.05, 0.1) is 19.1 Å². The summed E-state index contributed by atoms with van der Waals surface area (Å²) >= 11 is 1.52. The van der Waals surface area contributed by atoms with Gasteiger partial charge in [0.25, 0.3) is 5.91 Å². The summed E-state index contributed by atoms with van der Waals surface area (Å²) in [6.45, 7) is 0.123. The van der Waals surface area contributed by atoms with Crippen LogP contribution in [0, 0.1) is 0 Å². The van der Waals surface area contributed by atoms with Crippen LogP contribution in [-0.4, -0.2) is 39.5 Å². The number of methoxy groups -OCH3 is 1. The van der Waals surface area contributed by atoms with Gasteiger partial charge in [-0.15, -0.1) is 0 Å². The van der Waals surface area contributed by atoms with E-state index < -0.39 is 5.97 Å². The molecule has 0 aliphatic carbocycles. The third-order valence-corrected chi connectivity index (χ3v) is 5.30. The third-order valence-electron chi connectivity index (χ3n) is 4.56. The molecule has 10 heteroatoms. The number of rotatable bonds is 7. The van der Waals surface area contributed by atoms with Gasteiger partial charge >= 0.3 is 5.97 Å². The first-order valence-corrected chi connectivity index (χ1v) is 10.6. The molecule has 4 rings (SSSR count). The van der Waals surface area contributed by atoms with E-state index in [1.165, 1.54) is 29.0 Å². The van der Waals surface area contributed by atoms with Crippen LogP contribution >= 0.6 is 11.3 Å². The molecule has 1 aromatic carbocycles. The number of benzene rings is 1. The predicted octanol–water partition coefficient (Wildman–Crippen LogP) is 2.69. The number of aromatic nitrogens is 3. The average Bonchev–Trinajstić information content (AvgIpc) is 3.46. The van der Waals surface area contributed by atoms with E-state index in [-0.39, 0.29) is 36.0 Å². The summed E-state index contributed by atoms with van der Waals surface area (Å²) in [5.74, 6) is -1.14. The zero-order chi connectivity index (χ0) is 22.5. The lowest BCUT2D eigenvalue weighted by atomic mass is 10.1. The SMILES string of the molecule is COC(=O)c1cc(CNC(=O)c2cc3ncccn3n2)cc(NC(=O)Cc2ccsc2)c1. The van der Waals surface area contributed by atoms with Crippen molar-refractivity contribution in [1.29, 1.82) is 0 Å². The van der Waals surface area contributed by atoms with E-state index in [2.05, 4.69) is 20.7 Å². The number of amides is 2. The molecule has 0 saturated carbocycles. The zero-order valence-corrected chi connectivity index (χ0v) is 17.9. The minimum absolute atomic E-state index is 0.123. The maximum Gasteiger partial charge on any atom is 0.337 e. The van der Waals surface area contributed by atoms with E-state index in [9.17, 15) is 14.4 Å². The van der Waals surface area contributed by atoms with E-state index in [1.807, 2.05) is 16.8 Å². The van der Waals surface area contributed by atoms with Crippen molar-refractivity contribution in [3.05, 3.63) is 81.9 Å². The molecule has 0 fully saturated rings. The van der Waals surface area contributed by atoms with Crippen molar-refractivity contribution >= 4 is 40.5 Å². The van der Waals surface area contributed by atoms with Gasteiger partial charge in [-0.3, -0.25) is 9.59 Å². The molecule has 3 aromatic heterocycles. The summed E-state index contributed by atoms with van der Waals surface area (Å²) < 4.78 is 6.32. The lowest BCUT2D eigenvalue weighted by molar-refractivity contribution is -0.115. The van der Waals surface area contributed by atoms with E-state index in [4.69, 9.17) is 4.74 Å². The van der Waals surface area contributed by atoms with E-state index >= 15 is 0 Å². The number of hydrogen-bond acceptors (Lipinski definition) is 7. The minimum Gasteiger partial charge on any atom is -0.465 e. The second-order valence-electron chi connectivity index (χ2n) is 6.90. The smallest absolute Gasteiger partial charge is 0.337 e. The standard InChI is InChI=1S/C22H19N5O4S/c1-31-22(30)16-7-15(8-17(10-16)25-20(28)9-14-3-6-32-13-14)12-24-21(29)18-11-19-23-4-2-5-27(19)26-18/h2-8,10-11,13H,9,12H2,1H3,(H,24,29)(H,25,28). The minimum atomic E-state index is -0.544. The molecule has 2 amide bonds. The Morgan fingerprint density at radius 2 is 2.03 bits per heavy atom. The molecule has 4 aromatic rings. The number of fused-ring (bicyclic) bond motifs is 1. The first kappa shape index (κ1) is 21.2. The molecule has 9 nitrogen and oxygen atoms in total. The van der Waals surface area contributed by atoms with Gasteiger partial charge in [0.15, 0.2) is 11.3 Å². The molecule has 0 aliphatic rings. The number of carbonyl (C=O) groups is 3. The summed E-state index contributed by atoms with van der Waals surface area (Å²) in [5, 5.41) is 13.6. The number of nitrogens with one attached hydrogen (secondary N) is 2. The summed E-state index contributed by atoms with van der Waals surface area (Å²) in [7, 11) is 1.28. The molecule has 0 spiro atoms. The molecule has 0 radical (unpaired) electrons. The van der Waals surface area contributed by atoms with Gasteiger partial charge in [0.2, 0.25) is 5.91 Å². The van der Waals surface area contributed by atoms with E-state index in [1.54, 1.807) is 36.7 Å². The van der Waals surface area contributed by atoms with Crippen LogP contribution in [0.4, 0.5) is 5.69 Å². The number of nitrogens with zero attached hydrogens (tertiary/aromatic N) is 3. The van der Waals surface area contributed by atoms with Gasteiger partial charge in [-0.05, 0) is 52.2 Å². The number of esters is 1. The van der Waals surface area contributed by atoms with Crippen molar-refractivity contribution in [2.75, 3.05) is 12.4 Å². The molecular weight excluding hydrogens is 430 g/mol. The van der Waals surface area contributed by atoms with Gasteiger partial charge in [-0.1, -0.05) is 0 Å². The van der Waals surface area contributed by atoms with Crippen LogP contribution in [-0.2, 0) is 22.5 Å². The summed E-state index contributed by atoms with van der Waals surface area (Å²) in [6, 6.07) is 10.0. The molecule has 32 heavy (non-hydrogen) atoms. The maximum absolute atomic E-state index is 12.5.